The van der Waals surface area contributed by atoms with Crippen LogP contribution in [0.3, 0.4) is 0 Å². The summed E-state index contributed by atoms with van der Waals surface area (Å²) in [5.41, 5.74) is 4.20. The van der Waals surface area contributed by atoms with E-state index in [4.69, 9.17) is 4.74 Å². The van der Waals surface area contributed by atoms with Crippen LogP contribution in [0.2, 0.25) is 0 Å². The van der Waals surface area contributed by atoms with Crippen molar-refractivity contribution in [3.63, 3.8) is 0 Å². The third kappa shape index (κ3) is 4.49. The van der Waals surface area contributed by atoms with Crippen LogP contribution < -0.4 is 5.32 Å². The second kappa shape index (κ2) is 8.93. The molecule has 0 unspecified atom stereocenters. The zero-order valence-electron chi connectivity index (χ0n) is 16.3. The van der Waals surface area contributed by atoms with Gasteiger partial charge in [-0.05, 0) is 29.2 Å². The van der Waals surface area contributed by atoms with E-state index in [2.05, 4.69) is 17.4 Å². The van der Waals surface area contributed by atoms with Crippen LogP contribution in [-0.2, 0) is 16.0 Å². The van der Waals surface area contributed by atoms with Gasteiger partial charge in [0.1, 0.15) is 11.9 Å². The summed E-state index contributed by atoms with van der Waals surface area (Å²) in [7, 11) is 0. The first-order chi connectivity index (χ1) is 14.2. The molecule has 29 heavy (non-hydrogen) atoms. The van der Waals surface area contributed by atoms with E-state index < -0.39 is 0 Å². The number of nitrogens with one attached hydrogen (secondary N) is 1. The van der Waals surface area contributed by atoms with E-state index in [1.807, 2.05) is 54.6 Å². The maximum atomic E-state index is 12.8. The molecule has 0 aliphatic carbocycles. The second-order valence-electron chi connectivity index (χ2n) is 7.34. The Morgan fingerprint density at radius 1 is 1.00 bits per heavy atom. The van der Waals surface area contributed by atoms with Crippen molar-refractivity contribution in [1.82, 2.24) is 5.32 Å². The van der Waals surface area contributed by atoms with Crippen molar-refractivity contribution < 1.29 is 14.6 Å². The van der Waals surface area contributed by atoms with Crippen molar-refractivity contribution in [2.24, 2.45) is 0 Å². The minimum Gasteiger partial charge on any atom is -0.508 e. The molecule has 1 aliphatic rings. The van der Waals surface area contributed by atoms with Crippen LogP contribution in [0.5, 0.6) is 5.75 Å². The van der Waals surface area contributed by atoms with Crippen molar-refractivity contribution in [2.75, 3.05) is 13.2 Å². The number of phenolic OH excluding ortho intramolecular Hbond substituents is 1. The van der Waals surface area contributed by atoms with Gasteiger partial charge in [0, 0.05) is 24.4 Å². The number of fused-ring (bicyclic) bond motifs is 1. The van der Waals surface area contributed by atoms with Crippen LogP contribution >= 0.6 is 0 Å². The number of hydrogen-bond donors (Lipinski definition) is 2. The Bertz CT molecular complexity index is 971. The van der Waals surface area contributed by atoms with Crippen LogP contribution in [0.1, 0.15) is 40.7 Å². The molecule has 0 aromatic heterocycles. The van der Waals surface area contributed by atoms with Gasteiger partial charge < -0.3 is 15.2 Å². The average Bonchev–Trinajstić information content (AvgIpc) is 2.77. The Hall–Kier alpha value is -3.11. The lowest BCUT2D eigenvalue weighted by molar-refractivity contribution is -0.122. The lowest BCUT2D eigenvalue weighted by Crippen LogP contribution is -2.32. The molecule has 0 saturated heterocycles. The fourth-order valence-corrected chi connectivity index (χ4v) is 3.98. The Labute approximate surface area is 171 Å². The number of phenols is 1. The second-order valence-corrected chi connectivity index (χ2v) is 7.34. The third-order valence-electron chi connectivity index (χ3n) is 5.48. The van der Waals surface area contributed by atoms with E-state index >= 15 is 0 Å². The van der Waals surface area contributed by atoms with Gasteiger partial charge in [-0.1, -0.05) is 72.8 Å². The van der Waals surface area contributed by atoms with E-state index in [1.165, 1.54) is 5.56 Å². The molecule has 3 aromatic carbocycles. The topological polar surface area (TPSA) is 58.6 Å². The number of amides is 1. The molecule has 3 aromatic rings. The molecule has 4 nitrogen and oxygen atoms in total. The van der Waals surface area contributed by atoms with Crippen molar-refractivity contribution in [3.8, 4) is 5.75 Å². The zero-order chi connectivity index (χ0) is 20.1. The molecule has 0 radical (unpaired) electrons. The monoisotopic (exact) mass is 387 g/mol. The number of carbonyl (C=O) groups is 1. The number of rotatable bonds is 6. The quantitative estimate of drug-likeness (QED) is 0.661. The Morgan fingerprint density at radius 3 is 2.55 bits per heavy atom. The summed E-state index contributed by atoms with van der Waals surface area (Å²) in [6, 6.07) is 25.3. The zero-order valence-corrected chi connectivity index (χ0v) is 16.3. The summed E-state index contributed by atoms with van der Waals surface area (Å²) in [5, 5.41) is 13.4. The molecule has 0 saturated carbocycles. The van der Waals surface area contributed by atoms with Gasteiger partial charge in [0.05, 0.1) is 6.61 Å². The highest BCUT2D eigenvalue weighted by molar-refractivity contribution is 5.77. The smallest absolute Gasteiger partial charge is 0.221 e. The van der Waals surface area contributed by atoms with Crippen LogP contribution in [0.15, 0.2) is 78.9 Å². The first-order valence-electron chi connectivity index (χ1n) is 10.0. The molecular formula is C25H25NO3. The van der Waals surface area contributed by atoms with Crippen LogP contribution in [-0.4, -0.2) is 24.2 Å². The average molecular weight is 387 g/mol. The van der Waals surface area contributed by atoms with Gasteiger partial charge in [0.25, 0.3) is 0 Å². The molecule has 0 spiro atoms. The molecule has 2 N–H and O–H groups in total. The first kappa shape index (κ1) is 19.2. The fourth-order valence-electron chi connectivity index (χ4n) is 3.98. The normalized spacial score (nSPS) is 16.6. The van der Waals surface area contributed by atoms with Crippen molar-refractivity contribution in [1.29, 1.82) is 0 Å². The molecule has 1 amide bonds. The van der Waals surface area contributed by atoms with Crippen molar-refractivity contribution in [2.45, 2.75) is 24.9 Å². The molecule has 0 bridgehead atoms. The molecule has 148 valence electrons. The fraction of sp³-hybridized carbons (Fsp3) is 0.240. The number of benzene rings is 3. The molecule has 2 atom stereocenters. The minimum atomic E-state index is -0.211. The lowest BCUT2D eigenvalue weighted by atomic mass is 9.87. The Balaban J connectivity index is 1.47. The predicted octanol–water partition coefficient (Wildman–Crippen LogP) is 4.34. The standard InChI is InChI=1S/C25H25NO3/c27-23-13-7-6-12-21(23)22(18-8-2-1-3-9-18)16-25(28)26-17-24-20-11-5-4-10-19(20)14-15-29-24/h1-13,22,24,27H,14-17H2,(H,26,28)/t22-,24+/m0/s1. The summed E-state index contributed by atoms with van der Waals surface area (Å²) in [5.74, 6) is -0.0654. The van der Waals surface area contributed by atoms with E-state index in [-0.39, 0.29) is 30.1 Å². The van der Waals surface area contributed by atoms with Crippen LogP contribution in [0.25, 0.3) is 0 Å². The van der Waals surface area contributed by atoms with E-state index in [9.17, 15) is 9.90 Å². The van der Waals surface area contributed by atoms with Gasteiger partial charge >= 0.3 is 0 Å². The summed E-state index contributed by atoms with van der Waals surface area (Å²) in [4.78, 5) is 12.8. The van der Waals surface area contributed by atoms with E-state index in [0.717, 1.165) is 23.1 Å². The summed E-state index contributed by atoms with van der Waals surface area (Å²) in [6.45, 7) is 1.11. The molecule has 4 rings (SSSR count). The Kier molecular flexibility index (Phi) is 5.92. The number of aromatic hydroxyl groups is 1. The maximum Gasteiger partial charge on any atom is 0.221 e. The lowest BCUT2D eigenvalue weighted by Gasteiger charge is -2.26. The molecule has 1 aliphatic heterocycles. The molecule has 4 heteroatoms. The van der Waals surface area contributed by atoms with Crippen molar-refractivity contribution >= 4 is 5.91 Å². The predicted molar refractivity (Wildman–Crippen MR) is 113 cm³/mol. The van der Waals surface area contributed by atoms with Crippen LogP contribution in [0.4, 0.5) is 0 Å². The van der Waals surface area contributed by atoms with Gasteiger partial charge in [-0.15, -0.1) is 0 Å². The van der Waals surface area contributed by atoms with Crippen LogP contribution in [0, 0.1) is 0 Å². The molecule has 1 heterocycles. The van der Waals surface area contributed by atoms with Gasteiger partial charge in [-0.2, -0.15) is 0 Å². The summed E-state index contributed by atoms with van der Waals surface area (Å²) in [6.07, 6.45) is 1.05. The number of hydrogen-bond acceptors (Lipinski definition) is 3. The van der Waals surface area contributed by atoms with Gasteiger partial charge in [-0.3, -0.25) is 4.79 Å². The number of para-hydroxylation sites is 1. The largest absolute Gasteiger partial charge is 0.508 e. The SMILES string of the molecule is O=C(C[C@@H](c1ccccc1)c1ccccc1O)NC[C@H]1OCCc2ccccc21. The van der Waals surface area contributed by atoms with Gasteiger partial charge in [0.15, 0.2) is 0 Å². The summed E-state index contributed by atoms with van der Waals surface area (Å²) >= 11 is 0. The number of carbonyl (C=O) groups excluding carboxylic acids is 1. The highest BCUT2D eigenvalue weighted by Gasteiger charge is 2.24. The van der Waals surface area contributed by atoms with Gasteiger partial charge in [-0.25, -0.2) is 0 Å². The third-order valence-corrected chi connectivity index (χ3v) is 5.48. The maximum absolute atomic E-state index is 12.8. The molecule has 0 fully saturated rings. The van der Waals surface area contributed by atoms with E-state index in [1.54, 1.807) is 12.1 Å². The van der Waals surface area contributed by atoms with E-state index in [0.29, 0.717) is 13.2 Å². The molecular weight excluding hydrogens is 362 g/mol. The first-order valence-corrected chi connectivity index (χ1v) is 10.0. The summed E-state index contributed by atoms with van der Waals surface area (Å²) < 4.78 is 5.89. The van der Waals surface area contributed by atoms with Gasteiger partial charge in [0.2, 0.25) is 5.91 Å². The Morgan fingerprint density at radius 2 is 1.72 bits per heavy atom. The number of ether oxygens (including phenoxy) is 1. The highest BCUT2D eigenvalue weighted by atomic mass is 16.5. The van der Waals surface area contributed by atoms with Crippen molar-refractivity contribution in [3.05, 3.63) is 101 Å². The minimum absolute atomic E-state index is 0.0613. The highest BCUT2D eigenvalue weighted by Crippen LogP contribution is 2.34.